The van der Waals surface area contributed by atoms with E-state index in [0.29, 0.717) is 12.8 Å². The lowest BCUT2D eigenvalue weighted by Gasteiger charge is -2.17. The van der Waals surface area contributed by atoms with Crippen LogP contribution in [0.4, 0.5) is 0 Å². The average Bonchev–Trinajstić information content (AvgIpc) is 3.07. The number of esters is 1. The lowest BCUT2D eigenvalue weighted by Crippen LogP contribution is -2.18. The van der Waals surface area contributed by atoms with Gasteiger partial charge in [0.25, 0.3) is 0 Å². The van der Waals surface area contributed by atoms with Crippen LogP contribution in [0.1, 0.15) is 213 Å². The summed E-state index contributed by atoms with van der Waals surface area (Å²) in [4.78, 5) is 22.9. The van der Waals surface area contributed by atoms with Gasteiger partial charge >= 0.3 is 11.9 Å². The van der Waals surface area contributed by atoms with Gasteiger partial charge in [-0.25, -0.2) is 0 Å². The zero-order chi connectivity index (χ0) is 35.0. The molecule has 0 aliphatic heterocycles. The molecule has 0 fully saturated rings. The van der Waals surface area contributed by atoms with Crippen LogP contribution in [0.5, 0.6) is 0 Å². The summed E-state index contributed by atoms with van der Waals surface area (Å²) in [7, 11) is 0. The van der Waals surface area contributed by atoms with Gasteiger partial charge in [-0.2, -0.15) is 0 Å². The van der Waals surface area contributed by atoms with Gasteiger partial charge < -0.3 is 9.84 Å². The summed E-state index contributed by atoms with van der Waals surface area (Å²) < 4.78 is 5.86. The molecule has 0 aliphatic rings. The molecule has 0 aliphatic carbocycles. The third-order valence-corrected chi connectivity index (χ3v) is 9.03. The van der Waals surface area contributed by atoms with Crippen LogP contribution in [0.2, 0.25) is 0 Å². The van der Waals surface area contributed by atoms with Gasteiger partial charge in [-0.3, -0.25) is 9.59 Å². The molecule has 0 heterocycles. The van der Waals surface area contributed by atoms with E-state index in [-0.39, 0.29) is 12.1 Å². The van der Waals surface area contributed by atoms with Crippen molar-refractivity contribution in [3.05, 3.63) is 48.6 Å². The highest BCUT2D eigenvalue weighted by atomic mass is 16.5. The molecule has 0 spiro atoms. The number of aliphatic carboxylic acids is 1. The molecule has 48 heavy (non-hydrogen) atoms. The molecular formula is C44H78O4. The van der Waals surface area contributed by atoms with E-state index in [9.17, 15) is 9.59 Å². The zero-order valence-electron chi connectivity index (χ0n) is 31.8. The monoisotopic (exact) mass is 671 g/mol. The van der Waals surface area contributed by atoms with Crippen molar-refractivity contribution in [3.8, 4) is 0 Å². The summed E-state index contributed by atoms with van der Waals surface area (Å²) >= 11 is 0. The Hall–Kier alpha value is -2.10. The van der Waals surface area contributed by atoms with Gasteiger partial charge in [0.1, 0.15) is 6.10 Å². The van der Waals surface area contributed by atoms with E-state index < -0.39 is 5.97 Å². The molecule has 0 radical (unpaired) electrons. The maximum Gasteiger partial charge on any atom is 0.306 e. The Labute approximate surface area is 298 Å². The van der Waals surface area contributed by atoms with E-state index in [1.807, 2.05) is 0 Å². The topological polar surface area (TPSA) is 63.6 Å². The molecule has 278 valence electrons. The van der Waals surface area contributed by atoms with E-state index in [1.54, 1.807) is 0 Å². The van der Waals surface area contributed by atoms with Crippen molar-refractivity contribution in [1.29, 1.82) is 0 Å². The van der Waals surface area contributed by atoms with Gasteiger partial charge in [0.05, 0.1) is 0 Å². The van der Waals surface area contributed by atoms with Gasteiger partial charge in [-0.1, -0.05) is 178 Å². The summed E-state index contributed by atoms with van der Waals surface area (Å²) in [6.45, 7) is 4.43. The molecule has 0 aromatic heterocycles. The Bertz CT molecular complexity index is 809. The molecule has 4 heteroatoms. The first-order valence-electron chi connectivity index (χ1n) is 20.6. The fourth-order valence-electron chi connectivity index (χ4n) is 6.05. The highest BCUT2D eigenvalue weighted by molar-refractivity contribution is 5.69. The van der Waals surface area contributed by atoms with Crippen LogP contribution in [0.3, 0.4) is 0 Å². The molecule has 0 saturated carbocycles. The molecular weight excluding hydrogens is 592 g/mol. The predicted molar refractivity (Wildman–Crippen MR) is 209 cm³/mol. The third kappa shape index (κ3) is 38.3. The van der Waals surface area contributed by atoms with Crippen LogP contribution >= 0.6 is 0 Å². The zero-order valence-corrected chi connectivity index (χ0v) is 31.8. The van der Waals surface area contributed by atoms with Crippen molar-refractivity contribution < 1.29 is 19.4 Å². The first kappa shape index (κ1) is 45.9. The molecule has 0 amide bonds. The van der Waals surface area contributed by atoms with Crippen LogP contribution in [0.15, 0.2) is 48.6 Å². The summed E-state index contributed by atoms with van der Waals surface area (Å²) in [6.07, 6.45) is 53.5. The van der Waals surface area contributed by atoms with Crippen LogP contribution < -0.4 is 0 Å². The number of carbonyl (C=O) groups is 2. The minimum atomic E-state index is -0.664. The van der Waals surface area contributed by atoms with Gasteiger partial charge in [0.2, 0.25) is 0 Å². The lowest BCUT2D eigenvalue weighted by molar-refractivity contribution is -0.150. The predicted octanol–water partition coefficient (Wildman–Crippen LogP) is 14.3. The number of carboxylic acids is 1. The number of unbranched alkanes of at least 4 members (excludes halogenated alkanes) is 20. The van der Waals surface area contributed by atoms with E-state index in [1.165, 1.54) is 122 Å². The van der Waals surface area contributed by atoms with Crippen molar-refractivity contribution in [2.45, 2.75) is 219 Å². The average molecular weight is 671 g/mol. The number of hydrogen-bond donors (Lipinski definition) is 1. The fourth-order valence-corrected chi connectivity index (χ4v) is 6.05. The third-order valence-electron chi connectivity index (χ3n) is 9.03. The molecule has 0 rings (SSSR count). The number of rotatable bonds is 37. The summed E-state index contributed by atoms with van der Waals surface area (Å²) in [5.74, 6) is -0.683. The second-order valence-electron chi connectivity index (χ2n) is 13.8. The smallest absolute Gasteiger partial charge is 0.306 e. The quantitative estimate of drug-likeness (QED) is 0.0406. The number of carboxylic acid groups (broad SMARTS) is 1. The van der Waals surface area contributed by atoms with Crippen molar-refractivity contribution in [2.75, 3.05) is 0 Å². The minimum Gasteiger partial charge on any atom is -0.481 e. The molecule has 1 unspecified atom stereocenters. The van der Waals surface area contributed by atoms with Crippen molar-refractivity contribution in [2.24, 2.45) is 0 Å². The van der Waals surface area contributed by atoms with E-state index in [2.05, 4.69) is 62.5 Å². The SMILES string of the molecule is CCCCC/C=C\C/C=C\C/C=C\C/C=C\CCCC(=O)OC(CCC)CCCCCCCCCCCCCCCCCCCC(=O)O. The molecule has 0 saturated heterocycles. The highest BCUT2D eigenvalue weighted by Crippen LogP contribution is 2.17. The molecule has 4 nitrogen and oxygen atoms in total. The van der Waals surface area contributed by atoms with Crippen LogP contribution in [0, 0.1) is 0 Å². The summed E-state index contributed by atoms with van der Waals surface area (Å²) in [6, 6.07) is 0. The molecule has 0 bridgehead atoms. The normalized spacial score (nSPS) is 12.7. The van der Waals surface area contributed by atoms with Gasteiger partial charge in [-0.05, 0) is 70.6 Å². The first-order chi connectivity index (χ1) is 23.6. The fraction of sp³-hybridized carbons (Fsp3) is 0.773. The summed E-state index contributed by atoms with van der Waals surface area (Å²) in [5, 5.41) is 8.66. The van der Waals surface area contributed by atoms with Crippen molar-refractivity contribution in [3.63, 3.8) is 0 Å². The van der Waals surface area contributed by atoms with E-state index >= 15 is 0 Å². The maximum atomic E-state index is 12.4. The number of carbonyl (C=O) groups excluding carboxylic acids is 1. The Kier molecular flexibility index (Phi) is 37.6. The second-order valence-corrected chi connectivity index (χ2v) is 13.8. The molecule has 1 N–H and O–H groups in total. The van der Waals surface area contributed by atoms with E-state index in [4.69, 9.17) is 9.84 Å². The van der Waals surface area contributed by atoms with Crippen molar-refractivity contribution >= 4 is 11.9 Å². The number of ether oxygens (including phenoxy) is 1. The van der Waals surface area contributed by atoms with E-state index in [0.717, 1.165) is 64.2 Å². The maximum absolute atomic E-state index is 12.4. The Balaban J connectivity index is 3.62. The lowest BCUT2D eigenvalue weighted by atomic mass is 10.0. The molecule has 0 aromatic rings. The largest absolute Gasteiger partial charge is 0.481 e. The summed E-state index contributed by atoms with van der Waals surface area (Å²) in [5.41, 5.74) is 0. The number of hydrogen-bond acceptors (Lipinski definition) is 3. The Morgan fingerprint density at radius 2 is 0.875 bits per heavy atom. The first-order valence-corrected chi connectivity index (χ1v) is 20.6. The Morgan fingerprint density at radius 1 is 0.458 bits per heavy atom. The number of allylic oxidation sites excluding steroid dienone is 8. The molecule has 0 aromatic carbocycles. The minimum absolute atomic E-state index is 0.0192. The van der Waals surface area contributed by atoms with Crippen molar-refractivity contribution in [1.82, 2.24) is 0 Å². The Morgan fingerprint density at radius 3 is 1.31 bits per heavy atom. The highest BCUT2D eigenvalue weighted by Gasteiger charge is 2.13. The standard InChI is InChI=1S/C44H78O4/c1-3-5-6-7-8-9-10-11-12-14-19-22-25-28-31-34-37-41-44(47)48-42(38-4-2)39-35-32-29-26-23-20-17-15-13-16-18-21-24-27-30-33-36-40-43(45)46/h8-9,11-12,19,22,28,31,42H,3-7,10,13-18,20-21,23-27,29-30,32-41H2,1-2H3,(H,45,46)/b9-8-,12-11-,22-19-,31-28-. The van der Waals surface area contributed by atoms with Crippen LogP contribution in [0.25, 0.3) is 0 Å². The van der Waals surface area contributed by atoms with Gasteiger partial charge in [0.15, 0.2) is 0 Å². The van der Waals surface area contributed by atoms with Crippen LogP contribution in [-0.4, -0.2) is 23.1 Å². The van der Waals surface area contributed by atoms with Gasteiger partial charge in [0, 0.05) is 12.8 Å². The molecule has 1 atom stereocenters. The van der Waals surface area contributed by atoms with Gasteiger partial charge in [-0.15, -0.1) is 0 Å². The van der Waals surface area contributed by atoms with Crippen LogP contribution in [-0.2, 0) is 14.3 Å². The second kappa shape index (κ2) is 39.3.